The lowest BCUT2D eigenvalue weighted by atomic mass is 9.89. The van der Waals surface area contributed by atoms with Crippen molar-refractivity contribution in [3.05, 3.63) is 75.6 Å². The number of nitrogens with zero attached hydrogens (tertiary/aromatic N) is 1. The van der Waals surface area contributed by atoms with Gasteiger partial charge in [-0.05, 0) is 30.2 Å². The number of alkyl halides is 6. The molecule has 0 unspecified atom stereocenters. The highest BCUT2D eigenvalue weighted by atomic mass is 19.4. The molecule has 0 aliphatic heterocycles. The lowest BCUT2D eigenvalue weighted by Gasteiger charge is -2.38. The molecule has 0 spiro atoms. The van der Waals surface area contributed by atoms with E-state index in [1.165, 1.54) is 38.2 Å². The molecule has 1 aromatic heterocycles. The summed E-state index contributed by atoms with van der Waals surface area (Å²) in [4.78, 5) is 12.1. The first-order valence-electron chi connectivity index (χ1n) is 9.33. The maximum Gasteiger partial charge on any atom is 0.430 e. The van der Waals surface area contributed by atoms with Crippen molar-refractivity contribution < 1.29 is 35.8 Å². The maximum absolute atomic E-state index is 14.2. The van der Waals surface area contributed by atoms with Crippen molar-refractivity contribution in [3.63, 3.8) is 0 Å². The third-order valence-electron chi connectivity index (χ3n) is 5.23. The Morgan fingerprint density at radius 2 is 1.53 bits per heavy atom. The first-order valence-corrected chi connectivity index (χ1v) is 9.33. The summed E-state index contributed by atoms with van der Waals surface area (Å²) in [7, 11) is 2.44. The number of methoxy groups -OCH3 is 1. The summed E-state index contributed by atoms with van der Waals surface area (Å²) in [6.07, 6.45) is -11.7. The molecule has 3 rings (SSSR count). The Morgan fingerprint density at radius 3 is 2.06 bits per heavy atom. The molecule has 172 valence electrons. The van der Waals surface area contributed by atoms with Gasteiger partial charge in [-0.3, -0.25) is 4.79 Å². The Labute approximate surface area is 179 Å². The number of aryl methyl sites for hydroxylation is 2. The molecular formula is C22H19F6NO3. The summed E-state index contributed by atoms with van der Waals surface area (Å²) in [5.74, 6) is -0.318. The van der Waals surface area contributed by atoms with Crippen LogP contribution in [-0.4, -0.2) is 24.0 Å². The molecule has 10 heteroatoms. The van der Waals surface area contributed by atoms with Crippen LogP contribution in [0.15, 0.2) is 53.3 Å². The fourth-order valence-corrected chi connectivity index (χ4v) is 3.58. The normalized spacial score (nSPS) is 12.9. The molecular weight excluding hydrogens is 440 g/mol. The molecule has 0 amide bonds. The van der Waals surface area contributed by atoms with Gasteiger partial charge in [-0.25, -0.2) is 0 Å². The number of aromatic nitrogens is 1. The zero-order valence-electron chi connectivity index (χ0n) is 17.3. The molecule has 0 bridgehead atoms. The molecule has 1 heterocycles. The summed E-state index contributed by atoms with van der Waals surface area (Å²) in [5, 5.41) is 0.00244. The van der Waals surface area contributed by atoms with Crippen LogP contribution in [0.25, 0.3) is 10.9 Å². The van der Waals surface area contributed by atoms with Crippen molar-refractivity contribution in [2.45, 2.75) is 31.5 Å². The number of hydrogen-bond acceptors (Lipinski definition) is 3. The number of pyridine rings is 1. The summed E-state index contributed by atoms with van der Waals surface area (Å²) in [6.45, 7) is 0.479. The number of hydrogen-bond donors (Lipinski definition) is 0. The second kappa shape index (κ2) is 8.16. The number of fused-ring (bicyclic) bond motifs is 1. The summed E-state index contributed by atoms with van der Waals surface area (Å²) >= 11 is 0. The van der Waals surface area contributed by atoms with Gasteiger partial charge in [0, 0.05) is 24.1 Å². The highest BCUT2D eigenvalue weighted by Crippen LogP contribution is 2.54. The van der Waals surface area contributed by atoms with Crippen molar-refractivity contribution in [1.82, 2.24) is 4.57 Å². The average Bonchev–Trinajstić information content (AvgIpc) is 2.70. The fraction of sp³-hybridized carbons (Fsp3) is 0.318. The van der Waals surface area contributed by atoms with Crippen LogP contribution in [-0.2, 0) is 24.0 Å². The molecule has 0 radical (unpaired) electrons. The van der Waals surface area contributed by atoms with Crippen molar-refractivity contribution in [2.75, 3.05) is 7.11 Å². The molecule has 0 fully saturated rings. The minimum absolute atomic E-state index is 0.00244. The highest BCUT2D eigenvalue weighted by Gasteiger charge is 2.73. The van der Waals surface area contributed by atoms with E-state index < -0.39 is 35.7 Å². The number of halogens is 6. The lowest BCUT2D eigenvalue weighted by Crippen LogP contribution is -2.55. The minimum Gasteiger partial charge on any atom is -0.495 e. The van der Waals surface area contributed by atoms with Gasteiger partial charge in [0.1, 0.15) is 5.75 Å². The average molecular weight is 459 g/mol. The van der Waals surface area contributed by atoms with Crippen molar-refractivity contribution in [1.29, 1.82) is 0 Å². The van der Waals surface area contributed by atoms with Gasteiger partial charge in [0.05, 0.1) is 19.2 Å². The van der Waals surface area contributed by atoms with E-state index in [0.717, 1.165) is 23.8 Å². The van der Waals surface area contributed by atoms with E-state index in [2.05, 4.69) is 0 Å². The van der Waals surface area contributed by atoms with Gasteiger partial charge in [0.15, 0.2) is 0 Å². The van der Waals surface area contributed by atoms with Crippen molar-refractivity contribution in [2.24, 2.45) is 7.05 Å². The topological polar surface area (TPSA) is 40.5 Å². The Bertz CT molecular complexity index is 1170. The van der Waals surface area contributed by atoms with Crippen molar-refractivity contribution in [3.8, 4) is 5.75 Å². The molecule has 0 N–H and O–H groups in total. The van der Waals surface area contributed by atoms with Gasteiger partial charge < -0.3 is 14.0 Å². The quantitative estimate of drug-likeness (QED) is 0.481. The van der Waals surface area contributed by atoms with Crippen LogP contribution in [0.2, 0.25) is 0 Å². The zero-order chi connectivity index (χ0) is 23.9. The molecule has 32 heavy (non-hydrogen) atoms. The highest BCUT2D eigenvalue weighted by molar-refractivity contribution is 5.88. The van der Waals surface area contributed by atoms with E-state index in [0.29, 0.717) is 6.07 Å². The predicted molar refractivity (Wildman–Crippen MR) is 105 cm³/mol. The van der Waals surface area contributed by atoms with Crippen LogP contribution in [0.5, 0.6) is 5.75 Å². The van der Waals surface area contributed by atoms with Gasteiger partial charge in [-0.15, -0.1) is 0 Å². The molecule has 0 aliphatic rings. The first-order chi connectivity index (χ1) is 14.8. The van der Waals surface area contributed by atoms with Gasteiger partial charge in [-0.2, -0.15) is 26.3 Å². The van der Waals surface area contributed by atoms with Gasteiger partial charge >= 0.3 is 12.4 Å². The Balaban J connectivity index is 2.35. The standard InChI is InChI=1S/C22H19F6NO3/c1-13-9-18(30)29(2)19-16(13)10-15(11-17(19)31-3)20(21(23,24)25,22(26,27)28)32-12-14-7-5-4-6-8-14/h4-11H,12H2,1-3H3. The van der Waals surface area contributed by atoms with Crippen molar-refractivity contribution >= 4 is 10.9 Å². The number of rotatable bonds is 5. The second-order valence-electron chi connectivity index (χ2n) is 7.25. The third kappa shape index (κ3) is 3.83. The molecule has 3 aromatic rings. The van der Waals surface area contributed by atoms with Crippen LogP contribution in [0.3, 0.4) is 0 Å². The van der Waals surface area contributed by atoms with Crippen LogP contribution < -0.4 is 10.3 Å². The fourth-order valence-electron chi connectivity index (χ4n) is 3.58. The first kappa shape index (κ1) is 23.6. The summed E-state index contributed by atoms with van der Waals surface area (Å²) < 4.78 is 96.1. The molecule has 2 aromatic carbocycles. The van der Waals surface area contributed by atoms with E-state index >= 15 is 0 Å². The van der Waals surface area contributed by atoms with E-state index in [1.54, 1.807) is 6.07 Å². The van der Waals surface area contributed by atoms with Gasteiger partial charge in [0.25, 0.3) is 11.2 Å². The lowest BCUT2D eigenvalue weighted by molar-refractivity contribution is -0.392. The number of ether oxygens (including phenoxy) is 2. The Morgan fingerprint density at radius 1 is 0.938 bits per heavy atom. The van der Waals surface area contributed by atoms with E-state index in [-0.39, 0.29) is 27.8 Å². The summed E-state index contributed by atoms with van der Waals surface area (Å²) in [6, 6.07) is 9.74. The van der Waals surface area contributed by atoms with Gasteiger partial charge in [-0.1, -0.05) is 30.3 Å². The maximum atomic E-state index is 14.2. The molecule has 0 aliphatic carbocycles. The largest absolute Gasteiger partial charge is 0.495 e. The molecule has 0 saturated carbocycles. The second-order valence-corrected chi connectivity index (χ2v) is 7.25. The van der Waals surface area contributed by atoms with E-state index in [1.807, 2.05) is 0 Å². The zero-order valence-corrected chi connectivity index (χ0v) is 17.3. The van der Waals surface area contributed by atoms with Gasteiger partial charge in [0.2, 0.25) is 0 Å². The smallest absolute Gasteiger partial charge is 0.430 e. The third-order valence-corrected chi connectivity index (χ3v) is 5.23. The molecule has 0 atom stereocenters. The Kier molecular flexibility index (Phi) is 6.03. The van der Waals surface area contributed by atoms with E-state index in [4.69, 9.17) is 9.47 Å². The number of benzene rings is 2. The van der Waals surface area contributed by atoms with E-state index in [9.17, 15) is 31.1 Å². The molecule has 0 saturated heterocycles. The monoisotopic (exact) mass is 459 g/mol. The SMILES string of the molecule is COc1cc(C(OCc2ccccc2)(C(F)(F)F)C(F)(F)F)cc2c(C)cc(=O)n(C)c12. The minimum atomic E-state index is -5.85. The Hall–Kier alpha value is -3.01. The van der Waals surface area contributed by atoms with Crippen LogP contribution in [0.4, 0.5) is 26.3 Å². The summed E-state index contributed by atoms with van der Waals surface area (Å²) in [5.41, 5.74) is -5.90. The molecule has 4 nitrogen and oxygen atoms in total. The van der Waals surface area contributed by atoms with Crippen LogP contribution in [0, 0.1) is 6.92 Å². The van der Waals surface area contributed by atoms with Crippen LogP contribution in [0.1, 0.15) is 16.7 Å². The predicted octanol–water partition coefficient (Wildman–Crippen LogP) is 5.39. The van der Waals surface area contributed by atoms with Crippen LogP contribution >= 0.6 is 0 Å².